The van der Waals surface area contributed by atoms with Crippen LogP contribution in [0.2, 0.25) is 5.02 Å². The number of ether oxygens (including phenoxy) is 1. The third-order valence-corrected chi connectivity index (χ3v) is 4.39. The second-order valence-corrected chi connectivity index (χ2v) is 6.76. The molecule has 4 heteroatoms. The van der Waals surface area contributed by atoms with Crippen molar-refractivity contribution in [3.05, 3.63) is 27.2 Å². The molecule has 1 fully saturated rings. The summed E-state index contributed by atoms with van der Waals surface area (Å²) in [5.41, 5.74) is 2.13. The summed E-state index contributed by atoms with van der Waals surface area (Å²) in [7, 11) is 0. The van der Waals surface area contributed by atoms with Crippen molar-refractivity contribution in [2.45, 2.75) is 45.3 Å². The highest BCUT2D eigenvalue weighted by molar-refractivity contribution is 9.10. The molecule has 2 rings (SSSR count). The Morgan fingerprint density at radius 3 is 2.83 bits per heavy atom. The van der Waals surface area contributed by atoms with Gasteiger partial charge in [0.05, 0.1) is 17.4 Å². The van der Waals surface area contributed by atoms with Gasteiger partial charge in [0.15, 0.2) is 0 Å². The van der Waals surface area contributed by atoms with E-state index in [2.05, 4.69) is 35.1 Å². The topological polar surface area (TPSA) is 21.3 Å². The van der Waals surface area contributed by atoms with Crippen molar-refractivity contribution in [1.82, 2.24) is 0 Å². The molecule has 2 nitrogen and oxygen atoms in total. The summed E-state index contributed by atoms with van der Waals surface area (Å²) in [6.45, 7) is 7.11. The first-order chi connectivity index (χ1) is 8.37. The Morgan fingerprint density at radius 1 is 1.50 bits per heavy atom. The van der Waals surface area contributed by atoms with Crippen molar-refractivity contribution in [1.29, 1.82) is 0 Å². The highest BCUT2D eigenvalue weighted by Crippen LogP contribution is 2.32. The fourth-order valence-corrected chi connectivity index (χ4v) is 2.99. The molecule has 1 atom stereocenters. The zero-order valence-electron chi connectivity index (χ0n) is 11.0. The number of hydrogen-bond acceptors (Lipinski definition) is 2. The summed E-state index contributed by atoms with van der Waals surface area (Å²) in [4.78, 5) is 0. The lowest BCUT2D eigenvalue weighted by Gasteiger charge is -2.20. The van der Waals surface area contributed by atoms with E-state index >= 15 is 0 Å². The average molecular weight is 333 g/mol. The SMILES string of the molecule is Cc1cc(Br)c(NCC2CCC(C)(C)O2)cc1Cl. The van der Waals surface area contributed by atoms with Crippen molar-refractivity contribution >= 4 is 33.2 Å². The van der Waals surface area contributed by atoms with Gasteiger partial charge in [-0.1, -0.05) is 11.6 Å². The lowest BCUT2D eigenvalue weighted by molar-refractivity contribution is -0.00911. The highest BCUT2D eigenvalue weighted by Gasteiger charge is 2.31. The number of nitrogens with one attached hydrogen (secondary N) is 1. The van der Waals surface area contributed by atoms with Crippen molar-refractivity contribution in [2.24, 2.45) is 0 Å². The van der Waals surface area contributed by atoms with Gasteiger partial charge in [-0.15, -0.1) is 0 Å². The highest BCUT2D eigenvalue weighted by atomic mass is 79.9. The fourth-order valence-electron chi connectivity index (χ4n) is 2.23. The van der Waals surface area contributed by atoms with Gasteiger partial charge >= 0.3 is 0 Å². The Labute approximate surface area is 122 Å². The van der Waals surface area contributed by atoms with Crippen LogP contribution in [0.5, 0.6) is 0 Å². The maximum absolute atomic E-state index is 6.13. The van der Waals surface area contributed by atoms with Gasteiger partial charge in [-0.05, 0) is 67.2 Å². The molecule has 0 aromatic heterocycles. The number of halogens is 2. The number of hydrogen-bond donors (Lipinski definition) is 1. The molecule has 1 aliphatic rings. The van der Waals surface area contributed by atoms with E-state index in [4.69, 9.17) is 16.3 Å². The van der Waals surface area contributed by atoms with E-state index < -0.39 is 0 Å². The Bertz CT molecular complexity index is 448. The minimum absolute atomic E-state index is 0.0223. The van der Waals surface area contributed by atoms with Gasteiger partial charge in [0.25, 0.3) is 0 Å². The molecule has 0 aliphatic carbocycles. The molecule has 1 unspecified atom stereocenters. The van der Waals surface area contributed by atoms with E-state index in [0.717, 1.165) is 40.1 Å². The van der Waals surface area contributed by atoms with E-state index in [1.54, 1.807) is 0 Å². The first-order valence-corrected chi connectivity index (χ1v) is 7.42. The van der Waals surface area contributed by atoms with Crippen LogP contribution in [0.4, 0.5) is 5.69 Å². The van der Waals surface area contributed by atoms with Gasteiger partial charge < -0.3 is 10.1 Å². The largest absolute Gasteiger partial charge is 0.381 e. The van der Waals surface area contributed by atoms with Gasteiger partial charge in [0, 0.05) is 16.0 Å². The van der Waals surface area contributed by atoms with Gasteiger partial charge in [0.1, 0.15) is 0 Å². The Morgan fingerprint density at radius 2 is 2.22 bits per heavy atom. The molecular weight excluding hydrogens is 314 g/mol. The van der Waals surface area contributed by atoms with Crippen LogP contribution in [0.15, 0.2) is 16.6 Å². The van der Waals surface area contributed by atoms with Crippen LogP contribution < -0.4 is 5.32 Å². The molecule has 1 N–H and O–H groups in total. The quantitative estimate of drug-likeness (QED) is 0.860. The summed E-state index contributed by atoms with van der Waals surface area (Å²) in [6.07, 6.45) is 2.51. The zero-order valence-corrected chi connectivity index (χ0v) is 13.4. The van der Waals surface area contributed by atoms with Crippen LogP contribution in [0, 0.1) is 6.92 Å². The van der Waals surface area contributed by atoms with E-state index in [0.29, 0.717) is 0 Å². The molecule has 1 aliphatic heterocycles. The molecular formula is C14H19BrClNO. The lowest BCUT2D eigenvalue weighted by atomic mass is 10.1. The summed E-state index contributed by atoms with van der Waals surface area (Å²) < 4.78 is 7.00. The summed E-state index contributed by atoms with van der Waals surface area (Å²) in [5.74, 6) is 0. The summed E-state index contributed by atoms with van der Waals surface area (Å²) in [6, 6.07) is 3.99. The summed E-state index contributed by atoms with van der Waals surface area (Å²) in [5, 5.41) is 4.19. The lowest BCUT2D eigenvalue weighted by Crippen LogP contribution is -2.24. The monoisotopic (exact) mass is 331 g/mol. The molecule has 18 heavy (non-hydrogen) atoms. The zero-order chi connectivity index (χ0) is 13.3. The average Bonchev–Trinajstić information content (AvgIpc) is 2.62. The second kappa shape index (κ2) is 5.40. The molecule has 0 amide bonds. The predicted molar refractivity (Wildman–Crippen MR) is 80.6 cm³/mol. The van der Waals surface area contributed by atoms with Crippen LogP contribution in [0.1, 0.15) is 32.3 Å². The number of benzene rings is 1. The molecule has 0 saturated carbocycles. The molecule has 1 aromatic carbocycles. The van der Waals surface area contributed by atoms with E-state index in [1.165, 1.54) is 0 Å². The van der Waals surface area contributed by atoms with Gasteiger partial charge in [-0.25, -0.2) is 0 Å². The third kappa shape index (κ3) is 3.40. The van der Waals surface area contributed by atoms with Crippen molar-refractivity contribution in [3.8, 4) is 0 Å². The smallest absolute Gasteiger partial charge is 0.0755 e. The van der Waals surface area contributed by atoms with Gasteiger partial charge in [0.2, 0.25) is 0 Å². The summed E-state index contributed by atoms with van der Waals surface area (Å²) >= 11 is 9.69. The Hall–Kier alpha value is -0.250. The maximum atomic E-state index is 6.13. The van der Waals surface area contributed by atoms with E-state index in [1.807, 2.05) is 19.1 Å². The minimum Gasteiger partial charge on any atom is -0.381 e. The Balaban J connectivity index is 1.97. The molecule has 1 saturated heterocycles. The number of anilines is 1. The first kappa shape index (κ1) is 14.2. The van der Waals surface area contributed by atoms with Crippen LogP contribution in [0.25, 0.3) is 0 Å². The minimum atomic E-state index is 0.0223. The van der Waals surface area contributed by atoms with Crippen molar-refractivity contribution in [2.75, 3.05) is 11.9 Å². The first-order valence-electron chi connectivity index (χ1n) is 6.25. The normalized spacial score (nSPS) is 22.2. The van der Waals surface area contributed by atoms with Gasteiger partial charge in [-0.3, -0.25) is 0 Å². The predicted octanol–water partition coefficient (Wildman–Crippen LogP) is 4.78. The van der Waals surface area contributed by atoms with Crippen molar-refractivity contribution < 1.29 is 4.74 Å². The van der Waals surface area contributed by atoms with Crippen LogP contribution in [-0.2, 0) is 4.74 Å². The maximum Gasteiger partial charge on any atom is 0.0755 e. The van der Waals surface area contributed by atoms with Crippen LogP contribution >= 0.6 is 27.5 Å². The fraction of sp³-hybridized carbons (Fsp3) is 0.571. The van der Waals surface area contributed by atoms with Crippen LogP contribution in [-0.4, -0.2) is 18.2 Å². The third-order valence-electron chi connectivity index (χ3n) is 3.32. The van der Waals surface area contributed by atoms with E-state index in [9.17, 15) is 0 Å². The molecule has 1 aromatic rings. The molecule has 1 heterocycles. The molecule has 0 bridgehead atoms. The van der Waals surface area contributed by atoms with Crippen LogP contribution in [0.3, 0.4) is 0 Å². The molecule has 100 valence electrons. The number of aryl methyl sites for hydroxylation is 1. The number of rotatable bonds is 3. The molecule has 0 radical (unpaired) electrons. The Kier molecular flexibility index (Phi) is 4.25. The second-order valence-electron chi connectivity index (χ2n) is 5.50. The standard InChI is InChI=1S/C14H19BrClNO/c1-9-6-11(15)13(7-12(9)16)17-8-10-4-5-14(2,3)18-10/h6-7,10,17H,4-5,8H2,1-3H3. The van der Waals surface area contributed by atoms with Crippen molar-refractivity contribution in [3.63, 3.8) is 0 Å². The van der Waals surface area contributed by atoms with E-state index in [-0.39, 0.29) is 11.7 Å². The molecule has 0 spiro atoms. The van der Waals surface area contributed by atoms with Gasteiger partial charge in [-0.2, -0.15) is 0 Å².